The van der Waals surface area contributed by atoms with Crippen molar-refractivity contribution >= 4 is 11.6 Å². The summed E-state index contributed by atoms with van der Waals surface area (Å²) in [6.45, 7) is 9.19. The molecule has 0 aliphatic rings. The van der Waals surface area contributed by atoms with E-state index in [-0.39, 0.29) is 11.3 Å². The second kappa shape index (κ2) is 4.77. The number of nitrogens with zero attached hydrogens (tertiary/aromatic N) is 2. The minimum Gasteiger partial charge on any atom is -0.396 e. The Kier molecular flexibility index (Phi) is 3.80. The maximum atomic E-state index is 11.8. The quantitative estimate of drug-likeness (QED) is 0.836. The monoisotopic (exact) mass is 238 g/mol. The number of carbonyl (C=O) groups is 1. The highest BCUT2D eigenvalue weighted by molar-refractivity contribution is 5.96. The Hall–Kier alpha value is -1.52. The number of carbonyl (C=O) groups excluding carboxylic acids is 1. The van der Waals surface area contributed by atoms with E-state index in [1.54, 1.807) is 13.2 Å². The molecule has 1 heterocycles. The molecule has 0 bridgehead atoms. The van der Waals surface area contributed by atoms with Gasteiger partial charge in [0.15, 0.2) is 5.69 Å². The standard InChI is InChI=1S/C12H22N4O/c1-8(12(2,3)4)6-14-11(17)10-9(13)7-16(5)15-10/h7-8H,6,13H2,1-5H3,(H,14,17). The lowest BCUT2D eigenvalue weighted by Crippen LogP contribution is -2.34. The van der Waals surface area contributed by atoms with Gasteiger partial charge in [0.1, 0.15) is 0 Å². The molecular weight excluding hydrogens is 216 g/mol. The van der Waals surface area contributed by atoms with Gasteiger partial charge >= 0.3 is 0 Å². The van der Waals surface area contributed by atoms with Crippen LogP contribution in [-0.2, 0) is 7.05 Å². The summed E-state index contributed by atoms with van der Waals surface area (Å²) in [7, 11) is 1.74. The Morgan fingerprint density at radius 1 is 1.59 bits per heavy atom. The van der Waals surface area contributed by atoms with Gasteiger partial charge in [-0.15, -0.1) is 0 Å². The predicted octanol–water partition coefficient (Wildman–Crippen LogP) is 1.41. The zero-order valence-corrected chi connectivity index (χ0v) is 11.2. The topological polar surface area (TPSA) is 72.9 Å². The second-order valence-corrected chi connectivity index (χ2v) is 5.58. The lowest BCUT2D eigenvalue weighted by atomic mass is 9.82. The molecule has 0 saturated heterocycles. The molecule has 5 heteroatoms. The van der Waals surface area contributed by atoms with E-state index in [9.17, 15) is 4.79 Å². The third-order valence-corrected chi connectivity index (χ3v) is 3.12. The minimum atomic E-state index is -0.209. The molecule has 1 unspecified atom stereocenters. The molecule has 0 saturated carbocycles. The van der Waals surface area contributed by atoms with Crippen molar-refractivity contribution in [1.82, 2.24) is 15.1 Å². The highest BCUT2D eigenvalue weighted by Gasteiger charge is 2.21. The van der Waals surface area contributed by atoms with E-state index < -0.39 is 0 Å². The highest BCUT2D eigenvalue weighted by Crippen LogP contribution is 2.24. The molecule has 1 aromatic rings. The van der Waals surface area contributed by atoms with Gasteiger partial charge in [0.2, 0.25) is 0 Å². The molecule has 1 atom stereocenters. The van der Waals surface area contributed by atoms with Gasteiger partial charge in [-0.25, -0.2) is 0 Å². The summed E-state index contributed by atoms with van der Waals surface area (Å²) < 4.78 is 1.54. The van der Waals surface area contributed by atoms with E-state index in [0.717, 1.165) is 0 Å². The lowest BCUT2D eigenvalue weighted by molar-refractivity contribution is 0.0932. The summed E-state index contributed by atoms with van der Waals surface area (Å²) in [4.78, 5) is 11.8. The van der Waals surface area contributed by atoms with Crippen LogP contribution in [0.4, 0.5) is 5.69 Å². The van der Waals surface area contributed by atoms with E-state index >= 15 is 0 Å². The molecule has 1 amide bonds. The fourth-order valence-corrected chi connectivity index (χ4v) is 1.32. The maximum Gasteiger partial charge on any atom is 0.273 e. The van der Waals surface area contributed by atoms with Gasteiger partial charge in [0, 0.05) is 19.8 Å². The number of nitrogens with two attached hydrogens (primary N) is 1. The highest BCUT2D eigenvalue weighted by atomic mass is 16.2. The molecule has 5 nitrogen and oxygen atoms in total. The summed E-state index contributed by atoms with van der Waals surface area (Å²) in [5, 5.41) is 6.89. The minimum absolute atomic E-state index is 0.170. The van der Waals surface area contributed by atoms with Crippen molar-refractivity contribution in [3.8, 4) is 0 Å². The van der Waals surface area contributed by atoms with E-state index in [2.05, 4.69) is 38.1 Å². The first-order chi connectivity index (χ1) is 7.71. The molecule has 1 rings (SSSR count). The van der Waals surface area contributed by atoms with Crippen molar-refractivity contribution < 1.29 is 4.79 Å². The summed E-state index contributed by atoms with van der Waals surface area (Å²) in [6, 6.07) is 0. The van der Waals surface area contributed by atoms with E-state index in [0.29, 0.717) is 23.8 Å². The van der Waals surface area contributed by atoms with Crippen LogP contribution in [0.3, 0.4) is 0 Å². The van der Waals surface area contributed by atoms with Crippen LogP contribution in [0.15, 0.2) is 6.20 Å². The van der Waals surface area contributed by atoms with Gasteiger partial charge < -0.3 is 11.1 Å². The van der Waals surface area contributed by atoms with Crippen LogP contribution in [0, 0.1) is 11.3 Å². The van der Waals surface area contributed by atoms with Crippen molar-refractivity contribution in [3.63, 3.8) is 0 Å². The second-order valence-electron chi connectivity index (χ2n) is 5.58. The van der Waals surface area contributed by atoms with Gasteiger partial charge in [-0.2, -0.15) is 5.10 Å². The number of aryl methyl sites for hydroxylation is 1. The number of hydrogen-bond donors (Lipinski definition) is 2. The summed E-state index contributed by atoms with van der Waals surface area (Å²) in [5.74, 6) is 0.176. The Bertz CT molecular complexity index is 403. The van der Waals surface area contributed by atoms with Crippen LogP contribution in [0.1, 0.15) is 38.2 Å². The predicted molar refractivity (Wildman–Crippen MR) is 68.6 cm³/mol. The first kappa shape index (κ1) is 13.5. The van der Waals surface area contributed by atoms with Crippen LogP contribution < -0.4 is 11.1 Å². The number of nitrogen functional groups attached to an aromatic ring is 1. The Balaban J connectivity index is 2.60. The zero-order chi connectivity index (χ0) is 13.2. The molecule has 0 aliphatic carbocycles. The third-order valence-electron chi connectivity index (χ3n) is 3.12. The molecule has 0 aromatic carbocycles. The number of anilines is 1. The molecule has 96 valence electrons. The van der Waals surface area contributed by atoms with Crippen LogP contribution in [-0.4, -0.2) is 22.2 Å². The number of aromatic nitrogens is 2. The average Bonchev–Trinajstić information content (AvgIpc) is 2.52. The molecule has 0 fully saturated rings. The van der Waals surface area contributed by atoms with Gasteiger partial charge in [0.05, 0.1) is 5.69 Å². The van der Waals surface area contributed by atoms with Gasteiger partial charge in [-0.1, -0.05) is 27.7 Å². The number of rotatable bonds is 3. The Morgan fingerprint density at radius 3 is 2.59 bits per heavy atom. The van der Waals surface area contributed by atoms with Crippen molar-refractivity contribution in [2.75, 3.05) is 12.3 Å². The molecule has 1 aromatic heterocycles. The van der Waals surface area contributed by atoms with Crippen molar-refractivity contribution in [2.45, 2.75) is 27.7 Å². The summed E-state index contributed by atoms with van der Waals surface area (Å²) in [5.41, 5.74) is 6.57. The fourth-order valence-electron chi connectivity index (χ4n) is 1.32. The number of nitrogens with one attached hydrogen (secondary N) is 1. The maximum absolute atomic E-state index is 11.8. The number of hydrogen-bond acceptors (Lipinski definition) is 3. The first-order valence-electron chi connectivity index (χ1n) is 5.79. The first-order valence-corrected chi connectivity index (χ1v) is 5.79. The summed E-state index contributed by atoms with van der Waals surface area (Å²) in [6.07, 6.45) is 1.63. The smallest absolute Gasteiger partial charge is 0.273 e. The molecular formula is C12H22N4O. The average molecular weight is 238 g/mol. The third kappa shape index (κ3) is 3.47. The fraction of sp³-hybridized carbons (Fsp3) is 0.667. The van der Waals surface area contributed by atoms with Crippen molar-refractivity contribution in [3.05, 3.63) is 11.9 Å². The largest absolute Gasteiger partial charge is 0.396 e. The van der Waals surface area contributed by atoms with Crippen LogP contribution >= 0.6 is 0 Å². The van der Waals surface area contributed by atoms with Gasteiger partial charge in [-0.05, 0) is 11.3 Å². The SMILES string of the molecule is CC(CNC(=O)c1nn(C)cc1N)C(C)(C)C. The van der Waals surface area contributed by atoms with Crippen molar-refractivity contribution in [1.29, 1.82) is 0 Å². The number of amides is 1. The van der Waals surface area contributed by atoms with E-state index in [4.69, 9.17) is 5.73 Å². The molecule has 3 N–H and O–H groups in total. The van der Waals surface area contributed by atoms with Gasteiger partial charge in [0.25, 0.3) is 5.91 Å². The van der Waals surface area contributed by atoms with E-state index in [1.807, 2.05) is 0 Å². The van der Waals surface area contributed by atoms with Crippen LogP contribution in [0.25, 0.3) is 0 Å². The lowest BCUT2D eigenvalue weighted by Gasteiger charge is -2.27. The molecule has 0 aliphatic heterocycles. The van der Waals surface area contributed by atoms with Gasteiger partial charge in [-0.3, -0.25) is 9.48 Å². The van der Waals surface area contributed by atoms with Crippen LogP contribution in [0.5, 0.6) is 0 Å². The molecule has 0 spiro atoms. The molecule has 0 radical (unpaired) electrons. The zero-order valence-electron chi connectivity index (χ0n) is 11.2. The Labute approximate surface area is 102 Å². The van der Waals surface area contributed by atoms with Crippen LogP contribution in [0.2, 0.25) is 0 Å². The normalized spacial score (nSPS) is 13.5. The summed E-state index contributed by atoms with van der Waals surface area (Å²) >= 11 is 0. The Morgan fingerprint density at radius 2 is 2.18 bits per heavy atom. The van der Waals surface area contributed by atoms with Crippen molar-refractivity contribution in [2.24, 2.45) is 18.4 Å². The van der Waals surface area contributed by atoms with E-state index in [1.165, 1.54) is 4.68 Å². The molecule has 17 heavy (non-hydrogen) atoms.